The Hall–Kier alpha value is -1.35. The van der Waals surface area contributed by atoms with Gasteiger partial charge in [-0.2, -0.15) is 0 Å². The summed E-state index contributed by atoms with van der Waals surface area (Å²) < 4.78 is 0. The number of carbonyl (C=O) groups is 1. The molecule has 5 heteroatoms. The van der Waals surface area contributed by atoms with Crippen molar-refractivity contribution in [3.8, 4) is 11.8 Å². The van der Waals surface area contributed by atoms with E-state index in [4.69, 9.17) is 10.8 Å². The van der Waals surface area contributed by atoms with Crippen LogP contribution in [0.15, 0.2) is 11.4 Å². The Kier molecular flexibility index (Phi) is 4.97. The third kappa shape index (κ3) is 3.35. The molecule has 1 aliphatic rings. The number of carbonyl (C=O) groups excluding carboxylic acids is 1. The number of hydrogen-bond acceptors (Lipinski definition) is 4. The van der Waals surface area contributed by atoms with Crippen molar-refractivity contribution in [1.82, 2.24) is 4.90 Å². The van der Waals surface area contributed by atoms with Crippen LogP contribution in [0.3, 0.4) is 0 Å². The van der Waals surface area contributed by atoms with Gasteiger partial charge >= 0.3 is 0 Å². The predicted molar refractivity (Wildman–Crippen MR) is 76.0 cm³/mol. The van der Waals surface area contributed by atoms with Crippen LogP contribution in [0.1, 0.15) is 28.1 Å². The van der Waals surface area contributed by atoms with Crippen molar-refractivity contribution in [2.75, 3.05) is 26.2 Å². The summed E-state index contributed by atoms with van der Waals surface area (Å²) in [6, 6.07) is 1.86. The van der Waals surface area contributed by atoms with Crippen LogP contribution in [0.5, 0.6) is 0 Å². The fourth-order valence-corrected chi connectivity index (χ4v) is 3.11. The standard InChI is InChI=1S/C14H18N2O2S/c15-6-1-2-12-5-9-19-13(12)14(18)16-7-3-11(10-16)4-8-17/h5,9,11,17H,3-4,6-8,10,15H2. The van der Waals surface area contributed by atoms with Crippen LogP contribution < -0.4 is 5.73 Å². The first kappa shape index (κ1) is 14.1. The van der Waals surface area contributed by atoms with Gasteiger partial charge in [-0.05, 0) is 30.2 Å². The number of aliphatic hydroxyl groups is 1. The molecule has 1 atom stereocenters. The molecule has 0 saturated carbocycles. The molecule has 1 amide bonds. The lowest BCUT2D eigenvalue weighted by molar-refractivity contribution is 0.0789. The van der Waals surface area contributed by atoms with E-state index >= 15 is 0 Å². The normalized spacial score (nSPS) is 18.2. The van der Waals surface area contributed by atoms with Crippen LogP contribution in [0.25, 0.3) is 0 Å². The van der Waals surface area contributed by atoms with Crippen molar-refractivity contribution < 1.29 is 9.90 Å². The Balaban J connectivity index is 2.06. The molecule has 1 fully saturated rings. The average Bonchev–Trinajstić information content (AvgIpc) is 3.04. The largest absolute Gasteiger partial charge is 0.396 e. The van der Waals surface area contributed by atoms with Crippen LogP contribution in [0.2, 0.25) is 0 Å². The van der Waals surface area contributed by atoms with E-state index in [9.17, 15) is 4.79 Å². The molecule has 0 aliphatic carbocycles. The maximum absolute atomic E-state index is 12.4. The number of nitrogens with zero attached hydrogens (tertiary/aromatic N) is 1. The molecule has 0 radical (unpaired) electrons. The van der Waals surface area contributed by atoms with Crippen LogP contribution in [0.4, 0.5) is 0 Å². The average molecular weight is 278 g/mol. The Morgan fingerprint density at radius 1 is 1.63 bits per heavy atom. The molecule has 4 nitrogen and oxygen atoms in total. The van der Waals surface area contributed by atoms with E-state index < -0.39 is 0 Å². The fraction of sp³-hybridized carbons (Fsp3) is 0.500. The van der Waals surface area contributed by atoms with Gasteiger partial charge in [-0.1, -0.05) is 11.8 Å². The van der Waals surface area contributed by atoms with Crippen molar-refractivity contribution in [1.29, 1.82) is 0 Å². The Labute approximate surface area is 117 Å². The van der Waals surface area contributed by atoms with Crippen molar-refractivity contribution in [2.45, 2.75) is 12.8 Å². The van der Waals surface area contributed by atoms with Gasteiger partial charge in [-0.25, -0.2) is 0 Å². The summed E-state index contributed by atoms with van der Waals surface area (Å²) >= 11 is 1.43. The zero-order valence-corrected chi connectivity index (χ0v) is 11.6. The molecule has 1 aromatic rings. The lowest BCUT2D eigenvalue weighted by atomic mass is 10.1. The Bertz CT molecular complexity index is 501. The van der Waals surface area contributed by atoms with Gasteiger partial charge in [0.25, 0.3) is 5.91 Å². The number of thiophene rings is 1. The fourth-order valence-electron chi connectivity index (χ4n) is 2.30. The molecule has 0 bridgehead atoms. The zero-order valence-electron chi connectivity index (χ0n) is 10.8. The lowest BCUT2D eigenvalue weighted by Gasteiger charge is -2.15. The molecule has 2 heterocycles. The summed E-state index contributed by atoms with van der Waals surface area (Å²) in [7, 11) is 0. The van der Waals surface area contributed by atoms with E-state index in [1.165, 1.54) is 11.3 Å². The number of rotatable bonds is 3. The van der Waals surface area contributed by atoms with Crippen molar-refractivity contribution in [3.63, 3.8) is 0 Å². The number of aliphatic hydroxyl groups excluding tert-OH is 1. The molecule has 1 aliphatic heterocycles. The van der Waals surface area contributed by atoms with E-state index in [1.54, 1.807) is 0 Å². The van der Waals surface area contributed by atoms with Crippen molar-refractivity contribution in [3.05, 3.63) is 21.9 Å². The molecular weight excluding hydrogens is 260 g/mol. The minimum absolute atomic E-state index is 0.0526. The predicted octanol–water partition coefficient (Wildman–Crippen LogP) is 0.903. The monoisotopic (exact) mass is 278 g/mol. The molecule has 0 aromatic carbocycles. The molecule has 1 saturated heterocycles. The second-order valence-electron chi connectivity index (χ2n) is 4.59. The van der Waals surface area contributed by atoms with Gasteiger partial charge in [-0.3, -0.25) is 4.79 Å². The molecule has 1 aromatic heterocycles. The van der Waals surface area contributed by atoms with E-state index in [1.807, 2.05) is 16.3 Å². The smallest absolute Gasteiger partial charge is 0.265 e. The molecule has 3 N–H and O–H groups in total. The summed E-state index contributed by atoms with van der Waals surface area (Å²) in [4.78, 5) is 15.0. The highest BCUT2D eigenvalue weighted by atomic mass is 32.1. The lowest BCUT2D eigenvalue weighted by Crippen LogP contribution is -2.28. The molecule has 2 rings (SSSR count). The van der Waals surface area contributed by atoms with Gasteiger partial charge in [-0.15, -0.1) is 11.3 Å². The minimum atomic E-state index is 0.0526. The maximum Gasteiger partial charge on any atom is 0.265 e. The van der Waals surface area contributed by atoms with Gasteiger partial charge in [0.05, 0.1) is 6.54 Å². The maximum atomic E-state index is 12.4. The minimum Gasteiger partial charge on any atom is -0.396 e. The third-order valence-electron chi connectivity index (χ3n) is 3.29. The van der Waals surface area contributed by atoms with Crippen LogP contribution in [0, 0.1) is 17.8 Å². The highest BCUT2D eigenvalue weighted by molar-refractivity contribution is 7.12. The summed E-state index contributed by atoms with van der Waals surface area (Å²) in [6.45, 7) is 2.00. The Morgan fingerprint density at radius 2 is 2.47 bits per heavy atom. The SMILES string of the molecule is NCC#Cc1ccsc1C(=O)N1CCC(CCO)C1. The van der Waals surface area contributed by atoms with E-state index in [2.05, 4.69) is 11.8 Å². The van der Waals surface area contributed by atoms with E-state index in [0.717, 1.165) is 31.5 Å². The third-order valence-corrected chi connectivity index (χ3v) is 4.20. The quantitative estimate of drug-likeness (QED) is 0.807. The van der Waals surface area contributed by atoms with Gasteiger partial charge < -0.3 is 15.7 Å². The molecule has 1 unspecified atom stereocenters. The van der Waals surface area contributed by atoms with Gasteiger partial charge in [0.2, 0.25) is 0 Å². The molecule has 102 valence electrons. The summed E-state index contributed by atoms with van der Waals surface area (Å²) in [5.41, 5.74) is 6.13. The first-order valence-electron chi connectivity index (χ1n) is 6.42. The zero-order chi connectivity index (χ0) is 13.7. The van der Waals surface area contributed by atoms with Crippen LogP contribution >= 0.6 is 11.3 Å². The van der Waals surface area contributed by atoms with Crippen LogP contribution in [-0.4, -0.2) is 42.2 Å². The second kappa shape index (κ2) is 6.71. The van der Waals surface area contributed by atoms with Crippen LogP contribution in [-0.2, 0) is 0 Å². The second-order valence-corrected chi connectivity index (χ2v) is 5.50. The number of nitrogens with two attached hydrogens (primary N) is 1. The number of amides is 1. The van der Waals surface area contributed by atoms with Crippen molar-refractivity contribution in [2.24, 2.45) is 11.7 Å². The summed E-state index contributed by atoms with van der Waals surface area (Å²) in [5, 5.41) is 10.8. The summed E-state index contributed by atoms with van der Waals surface area (Å²) in [5.74, 6) is 6.20. The number of hydrogen-bond donors (Lipinski definition) is 2. The van der Waals surface area contributed by atoms with E-state index in [0.29, 0.717) is 17.3 Å². The Morgan fingerprint density at radius 3 is 3.21 bits per heavy atom. The topological polar surface area (TPSA) is 66.6 Å². The van der Waals surface area contributed by atoms with Crippen molar-refractivity contribution >= 4 is 17.2 Å². The highest BCUT2D eigenvalue weighted by Gasteiger charge is 2.28. The number of likely N-dealkylation sites (tertiary alicyclic amines) is 1. The molecular formula is C14H18N2O2S. The molecule has 0 spiro atoms. The van der Waals surface area contributed by atoms with E-state index in [-0.39, 0.29) is 12.5 Å². The first-order chi connectivity index (χ1) is 9.26. The van der Waals surface area contributed by atoms with Gasteiger partial charge in [0.15, 0.2) is 0 Å². The van der Waals surface area contributed by atoms with Gasteiger partial charge in [0.1, 0.15) is 4.88 Å². The highest BCUT2D eigenvalue weighted by Crippen LogP contribution is 2.24. The van der Waals surface area contributed by atoms with Gasteiger partial charge in [0, 0.05) is 25.3 Å². The molecule has 19 heavy (non-hydrogen) atoms. The first-order valence-corrected chi connectivity index (χ1v) is 7.30. The summed E-state index contributed by atoms with van der Waals surface area (Å²) in [6.07, 6.45) is 1.75.